The van der Waals surface area contributed by atoms with Crippen molar-refractivity contribution in [3.05, 3.63) is 77.4 Å². The molecule has 0 bridgehead atoms. The first-order chi connectivity index (χ1) is 16.6. The third-order valence-electron chi connectivity index (χ3n) is 6.13. The molecule has 8 nitrogen and oxygen atoms in total. The summed E-state index contributed by atoms with van der Waals surface area (Å²) < 4.78 is 13.1. The fraction of sp³-hybridized carbons (Fsp3) is 0.320. The van der Waals surface area contributed by atoms with Gasteiger partial charge in [0.15, 0.2) is 5.82 Å². The fourth-order valence-electron chi connectivity index (χ4n) is 4.41. The number of aryl methyl sites for hydroxylation is 1. The van der Waals surface area contributed by atoms with E-state index in [2.05, 4.69) is 30.5 Å². The summed E-state index contributed by atoms with van der Waals surface area (Å²) in [6, 6.07) is 12.2. The van der Waals surface area contributed by atoms with Gasteiger partial charge in [-0.05, 0) is 49.6 Å². The first-order valence-electron chi connectivity index (χ1n) is 11.5. The van der Waals surface area contributed by atoms with E-state index in [1.807, 2.05) is 30.0 Å². The van der Waals surface area contributed by atoms with Gasteiger partial charge in [-0.15, -0.1) is 0 Å². The van der Waals surface area contributed by atoms with Gasteiger partial charge in [0.2, 0.25) is 5.91 Å². The first kappa shape index (κ1) is 21.9. The van der Waals surface area contributed by atoms with Crippen molar-refractivity contribution in [1.82, 2.24) is 30.0 Å². The Balaban J connectivity index is 1.21. The minimum absolute atomic E-state index is 0.0643. The number of benzene rings is 2. The van der Waals surface area contributed by atoms with Crippen molar-refractivity contribution in [3.8, 4) is 0 Å². The highest BCUT2D eigenvalue weighted by molar-refractivity contribution is 5.89. The van der Waals surface area contributed by atoms with Gasteiger partial charge in [-0.3, -0.25) is 9.89 Å². The van der Waals surface area contributed by atoms with Gasteiger partial charge in [0, 0.05) is 31.3 Å². The van der Waals surface area contributed by atoms with Crippen LogP contribution in [0.4, 0.5) is 10.2 Å². The zero-order valence-electron chi connectivity index (χ0n) is 19.0. The second-order valence-corrected chi connectivity index (χ2v) is 8.61. The molecule has 1 fully saturated rings. The van der Waals surface area contributed by atoms with Crippen LogP contribution in [0.3, 0.4) is 0 Å². The molecule has 0 saturated carbocycles. The summed E-state index contributed by atoms with van der Waals surface area (Å²) in [6.45, 7) is 3.20. The molecule has 5 rings (SSSR count). The van der Waals surface area contributed by atoms with Crippen molar-refractivity contribution in [2.45, 2.75) is 38.6 Å². The van der Waals surface area contributed by atoms with Crippen LogP contribution in [-0.2, 0) is 11.2 Å². The number of fused-ring (bicyclic) bond motifs is 1. The van der Waals surface area contributed by atoms with E-state index in [-0.39, 0.29) is 17.8 Å². The lowest BCUT2D eigenvalue weighted by Crippen LogP contribution is -2.32. The Morgan fingerprint density at radius 2 is 2.06 bits per heavy atom. The zero-order valence-corrected chi connectivity index (χ0v) is 19.0. The van der Waals surface area contributed by atoms with Crippen molar-refractivity contribution in [1.29, 1.82) is 0 Å². The number of nitrogens with zero attached hydrogens (tertiary/aromatic N) is 5. The Bertz CT molecular complexity index is 1300. The lowest BCUT2D eigenvalue weighted by molar-refractivity contribution is -0.132. The summed E-state index contributed by atoms with van der Waals surface area (Å²) in [5, 5.41) is 11.6. The number of anilines is 1. The van der Waals surface area contributed by atoms with E-state index in [1.165, 1.54) is 18.5 Å². The molecule has 2 aromatic carbocycles. The maximum Gasteiger partial charge on any atom is 0.224 e. The molecule has 1 saturated heterocycles. The van der Waals surface area contributed by atoms with Crippen molar-refractivity contribution in [3.63, 3.8) is 0 Å². The topological polar surface area (TPSA) is 99.7 Å². The Morgan fingerprint density at radius 1 is 1.21 bits per heavy atom. The minimum atomic E-state index is -0.264. The van der Waals surface area contributed by atoms with E-state index < -0.39 is 0 Å². The summed E-state index contributed by atoms with van der Waals surface area (Å²) in [6.07, 6.45) is 4.17. The lowest BCUT2D eigenvalue weighted by atomic mass is 10.1. The molecule has 1 amide bonds. The summed E-state index contributed by atoms with van der Waals surface area (Å²) in [4.78, 5) is 28.2. The highest BCUT2D eigenvalue weighted by Gasteiger charge is 2.32. The van der Waals surface area contributed by atoms with Crippen LogP contribution in [0.25, 0.3) is 10.9 Å². The number of aromatic amines is 1. The normalized spacial score (nSPS) is 15.7. The highest BCUT2D eigenvalue weighted by Crippen LogP contribution is 2.30. The third-order valence-corrected chi connectivity index (χ3v) is 6.13. The molecule has 2 aromatic heterocycles. The number of hydrogen-bond donors (Lipinski definition) is 2. The van der Waals surface area contributed by atoms with Crippen molar-refractivity contribution < 1.29 is 9.18 Å². The van der Waals surface area contributed by atoms with Crippen molar-refractivity contribution >= 4 is 22.6 Å². The van der Waals surface area contributed by atoms with Crippen LogP contribution in [-0.4, -0.2) is 49.0 Å². The molecule has 3 heterocycles. The number of hydrogen-bond acceptors (Lipinski definition) is 6. The van der Waals surface area contributed by atoms with Crippen LogP contribution in [0.2, 0.25) is 0 Å². The number of halogens is 1. The molecule has 174 valence electrons. The Labute approximate surface area is 196 Å². The number of amides is 1. The molecule has 4 aromatic rings. The summed E-state index contributed by atoms with van der Waals surface area (Å²) in [5.41, 5.74) is 2.95. The standard InChI is InChI=1S/C25H26FN7O/c1-16-4-9-20-19(13-16)24(29-15-28-20)27-11-10-23(34)33-12-2-3-21(33)25-30-22(31-32-25)14-17-5-7-18(26)8-6-17/h4-9,13,15,21H,2-3,10-12,14H2,1H3,(H,27,28,29)(H,30,31,32)/t21-/m0/s1. The van der Waals surface area contributed by atoms with E-state index in [9.17, 15) is 9.18 Å². The molecule has 0 aliphatic carbocycles. The molecule has 2 N–H and O–H groups in total. The fourth-order valence-corrected chi connectivity index (χ4v) is 4.41. The number of carbonyl (C=O) groups is 1. The second kappa shape index (κ2) is 9.54. The number of nitrogens with one attached hydrogen (secondary N) is 2. The largest absolute Gasteiger partial charge is 0.369 e. The third kappa shape index (κ3) is 4.73. The molecule has 0 spiro atoms. The minimum Gasteiger partial charge on any atom is -0.369 e. The van der Waals surface area contributed by atoms with E-state index in [4.69, 9.17) is 0 Å². The molecule has 0 radical (unpaired) electrons. The van der Waals surface area contributed by atoms with Crippen LogP contribution in [0.5, 0.6) is 0 Å². The van der Waals surface area contributed by atoms with Crippen LogP contribution in [0.1, 0.15) is 48.1 Å². The SMILES string of the molecule is Cc1ccc2ncnc(NCCC(=O)N3CCC[C@H]3c3n[nH]c(Cc4ccc(F)cc4)n3)c2c1. The molecular weight excluding hydrogens is 433 g/mol. The first-order valence-corrected chi connectivity index (χ1v) is 11.5. The van der Waals surface area contributed by atoms with Gasteiger partial charge in [-0.1, -0.05) is 23.8 Å². The molecule has 1 aliphatic heterocycles. The van der Waals surface area contributed by atoms with E-state index in [0.717, 1.165) is 40.7 Å². The number of H-pyrrole nitrogens is 1. The van der Waals surface area contributed by atoms with Gasteiger partial charge in [0.1, 0.15) is 23.8 Å². The van der Waals surface area contributed by atoms with E-state index in [0.29, 0.717) is 37.6 Å². The predicted octanol–water partition coefficient (Wildman–Crippen LogP) is 3.95. The number of likely N-dealkylation sites (tertiary alicyclic amines) is 1. The van der Waals surface area contributed by atoms with E-state index in [1.54, 1.807) is 12.1 Å². The Kier molecular flexibility index (Phi) is 6.16. The van der Waals surface area contributed by atoms with Crippen LogP contribution in [0.15, 0.2) is 48.8 Å². The van der Waals surface area contributed by atoms with Gasteiger partial charge in [-0.2, -0.15) is 5.10 Å². The molecule has 34 heavy (non-hydrogen) atoms. The molecule has 1 atom stereocenters. The van der Waals surface area contributed by atoms with E-state index >= 15 is 0 Å². The smallest absolute Gasteiger partial charge is 0.224 e. The summed E-state index contributed by atoms with van der Waals surface area (Å²) >= 11 is 0. The summed E-state index contributed by atoms with van der Waals surface area (Å²) in [5.74, 6) is 1.87. The zero-order chi connectivity index (χ0) is 23.5. The van der Waals surface area contributed by atoms with Gasteiger partial charge in [0.05, 0.1) is 11.6 Å². The van der Waals surface area contributed by atoms with Gasteiger partial charge < -0.3 is 10.2 Å². The molecule has 0 unspecified atom stereocenters. The van der Waals surface area contributed by atoms with Crippen molar-refractivity contribution in [2.24, 2.45) is 0 Å². The Morgan fingerprint density at radius 3 is 2.91 bits per heavy atom. The van der Waals surface area contributed by atoms with Crippen LogP contribution < -0.4 is 5.32 Å². The average molecular weight is 460 g/mol. The van der Waals surface area contributed by atoms with Gasteiger partial charge in [-0.25, -0.2) is 19.3 Å². The quantitative estimate of drug-likeness (QED) is 0.434. The monoisotopic (exact) mass is 459 g/mol. The van der Waals surface area contributed by atoms with Gasteiger partial charge >= 0.3 is 0 Å². The van der Waals surface area contributed by atoms with Crippen molar-refractivity contribution in [2.75, 3.05) is 18.4 Å². The number of aromatic nitrogens is 5. The summed E-state index contributed by atoms with van der Waals surface area (Å²) in [7, 11) is 0. The maximum atomic E-state index is 13.1. The average Bonchev–Trinajstić information content (AvgIpc) is 3.50. The highest BCUT2D eigenvalue weighted by atomic mass is 19.1. The predicted molar refractivity (Wildman–Crippen MR) is 127 cm³/mol. The van der Waals surface area contributed by atoms with Gasteiger partial charge in [0.25, 0.3) is 0 Å². The number of carbonyl (C=O) groups excluding carboxylic acids is 1. The van der Waals surface area contributed by atoms with Crippen LogP contribution >= 0.6 is 0 Å². The Hall–Kier alpha value is -3.88. The maximum absolute atomic E-state index is 13.1. The molecular formula is C25H26FN7O. The van der Waals surface area contributed by atoms with Crippen LogP contribution in [0, 0.1) is 12.7 Å². The molecule has 1 aliphatic rings. The number of rotatable bonds is 7. The second-order valence-electron chi connectivity index (χ2n) is 8.61. The molecule has 9 heteroatoms. The lowest BCUT2D eigenvalue weighted by Gasteiger charge is -2.22.